The lowest BCUT2D eigenvalue weighted by atomic mass is 9.79. The number of nitrogens with one attached hydrogen (secondary N) is 3. The molecule has 3 aliphatic rings. The van der Waals surface area contributed by atoms with Crippen LogP contribution in [0.4, 0.5) is 9.18 Å². The van der Waals surface area contributed by atoms with Crippen molar-refractivity contribution in [2.24, 2.45) is 11.8 Å². The SMILES string of the molecule is O=C(NC1CCC(c2cccc(F)c2)C1)NC1CCC2CNCC2C1. The summed E-state index contributed by atoms with van der Waals surface area (Å²) in [7, 11) is 0. The zero-order valence-electron chi connectivity index (χ0n) is 14.6. The first-order valence-electron chi connectivity index (χ1n) is 9.70. The Bertz CT molecular complexity index is 623. The van der Waals surface area contributed by atoms with Gasteiger partial charge in [0.15, 0.2) is 0 Å². The van der Waals surface area contributed by atoms with E-state index in [1.54, 1.807) is 12.1 Å². The van der Waals surface area contributed by atoms with Crippen molar-refractivity contribution in [1.29, 1.82) is 0 Å². The summed E-state index contributed by atoms with van der Waals surface area (Å²) < 4.78 is 13.4. The third kappa shape index (κ3) is 3.97. The molecule has 1 aromatic rings. The number of halogens is 1. The molecule has 5 heteroatoms. The Morgan fingerprint density at radius 1 is 1.00 bits per heavy atom. The molecule has 1 heterocycles. The molecule has 0 bridgehead atoms. The van der Waals surface area contributed by atoms with Crippen LogP contribution in [0.1, 0.15) is 50.0 Å². The minimum Gasteiger partial charge on any atom is -0.335 e. The van der Waals surface area contributed by atoms with E-state index in [0.29, 0.717) is 12.0 Å². The number of rotatable bonds is 3. The number of urea groups is 1. The van der Waals surface area contributed by atoms with Crippen molar-refractivity contribution in [3.05, 3.63) is 35.6 Å². The molecule has 5 unspecified atom stereocenters. The molecule has 0 aromatic heterocycles. The minimum atomic E-state index is -0.177. The lowest BCUT2D eigenvalue weighted by Crippen LogP contribution is -2.47. The van der Waals surface area contributed by atoms with Gasteiger partial charge in [-0.05, 0) is 87.1 Å². The number of hydrogen-bond acceptors (Lipinski definition) is 2. The van der Waals surface area contributed by atoms with Crippen molar-refractivity contribution < 1.29 is 9.18 Å². The molecule has 4 rings (SSSR count). The van der Waals surface area contributed by atoms with Crippen LogP contribution in [0.25, 0.3) is 0 Å². The highest BCUT2D eigenvalue weighted by Crippen LogP contribution is 2.35. The van der Waals surface area contributed by atoms with Crippen molar-refractivity contribution in [3.8, 4) is 0 Å². The molecule has 2 saturated carbocycles. The van der Waals surface area contributed by atoms with Crippen LogP contribution >= 0.6 is 0 Å². The van der Waals surface area contributed by atoms with Gasteiger partial charge in [0.1, 0.15) is 5.82 Å². The topological polar surface area (TPSA) is 53.2 Å². The molecule has 3 N–H and O–H groups in total. The van der Waals surface area contributed by atoms with Crippen LogP contribution in [0.5, 0.6) is 0 Å². The number of benzene rings is 1. The quantitative estimate of drug-likeness (QED) is 0.788. The van der Waals surface area contributed by atoms with Crippen LogP contribution < -0.4 is 16.0 Å². The number of hydrogen-bond donors (Lipinski definition) is 3. The lowest BCUT2D eigenvalue weighted by molar-refractivity contribution is 0.212. The van der Waals surface area contributed by atoms with Crippen molar-refractivity contribution in [3.63, 3.8) is 0 Å². The maximum Gasteiger partial charge on any atom is 0.315 e. The third-order valence-corrected chi connectivity index (χ3v) is 6.38. The molecule has 0 spiro atoms. The molecule has 3 fully saturated rings. The molecule has 0 radical (unpaired) electrons. The number of carbonyl (C=O) groups is 1. The van der Waals surface area contributed by atoms with Crippen LogP contribution in [0, 0.1) is 17.7 Å². The highest BCUT2D eigenvalue weighted by molar-refractivity contribution is 5.74. The second-order valence-corrected chi connectivity index (χ2v) is 8.07. The van der Waals surface area contributed by atoms with Crippen LogP contribution in [0.3, 0.4) is 0 Å². The Morgan fingerprint density at radius 3 is 2.60 bits per heavy atom. The monoisotopic (exact) mass is 345 g/mol. The Morgan fingerprint density at radius 2 is 1.76 bits per heavy atom. The number of amides is 2. The average Bonchev–Trinajstić information content (AvgIpc) is 3.23. The molecule has 25 heavy (non-hydrogen) atoms. The van der Waals surface area contributed by atoms with Crippen LogP contribution in [0.2, 0.25) is 0 Å². The first-order chi connectivity index (χ1) is 12.2. The number of fused-ring (bicyclic) bond motifs is 1. The van der Waals surface area contributed by atoms with E-state index < -0.39 is 0 Å². The summed E-state index contributed by atoms with van der Waals surface area (Å²) in [4.78, 5) is 12.4. The van der Waals surface area contributed by atoms with Gasteiger partial charge in [-0.25, -0.2) is 9.18 Å². The predicted molar refractivity (Wildman–Crippen MR) is 95.9 cm³/mol. The molecular weight excluding hydrogens is 317 g/mol. The van der Waals surface area contributed by atoms with Crippen molar-refractivity contribution in [1.82, 2.24) is 16.0 Å². The molecule has 136 valence electrons. The van der Waals surface area contributed by atoms with Gasteiger partial charge in [-0.15, -0.1) is 0 Å². The van der Waals surface area contributed by atoms with E-state index in [4.69, 9.17) is 0 Å². The van der Waals surface area contributed by atoms with E-state index in [-0.39, 0.29) is 17.9 Å². The van der Waals surface area contributed by atoms with Gasteiger partial charge >= 0.3 is 6.03 Å². The van der Waals surface area contributed by atoms with Gasteiger partial charge in [0.05, 0.1) is 0 Å². The standard InChI is InChI=1S/C20H28FN3O/c21-17-3-1-2-13(8-17)14-4-6-18(9-14)23-20(25)24-19-7-5-15-11-22-12-16(15)10-19/h1-3,8,14-16,18-19,22H,4-7,9-12H2,(H2,23,24,25). The summed E-state index contributed by atoms with van der Waals surface area (Å²) in [6, 6.07) is 7.34. The van der Waals surface area contributed by atoms with Gasteiger partial charge < -0.3 is 16.0 Å². The van der Waals surface area contributed by atoms with E-state index in [1.807, 2.05) is 6.07 Å². The normalized spacial score (nSPS) is 34.5. The van der Waals surface area contributed by atoms with E-state index in [2.05, 4.69) is 16.0 Å². The fraction of sp³-hybridized carbons (Fsp3) is 0.650. The Labute approximate surface area is 148 Å². The van der Waals surface area contributed by atoms with Crippen molar-refractivity contribution in [2.75, 3.05) is 13.1 Å². The van der Waals surface area contributed by atoms with Gasteiger partial charge in [0.2, 0.25) is 0 Å². The maximum atomic E-state index is 13.4. The zero-order chi connectivity index (χ0) is 17.2. The zero-order valence-corrected chi connectivity index (χ0v) is 14.6. The molecule has 2 aliphatic carbocycles. The molecule has 1 aromatic carbocycles. The highest BCUT2D eigenvalue weighted by Gasteiger charge is 2.34. The van der Waals surface area contributed by atoms with Gasteiger partial charge in [-0.1, -0.05) is 12.1 Å². The van der Waals surface area contributed by atoms with E-state index >= 15 is 0 Å². The summed E-state index contributed by atoms with van der Waals surface area (Å²) >= 11 is 0. The lowest BCUT2D eigenvalue weighted by Gasteiger charge is -2.31. The van der Waals surface area contributed by atoms with E-state index in [1.165, 1.54) is 12.5 Å². The molecule has 1 saturated heterocycles. The van der Waals surface area contributed by atoms with Gasteiger partial charge in [-0.3, -0.25) is 0 Å². The van der Waals surface area contributed by atoms with Gasteiger partial charge in [0.25, 0.3) is 0 Å². The summed E-state index contributed by atoms with van der Waals surface area (Å²) in [5.74, 6) is 1.70. The minimum absolute atomic E-state index is 0.0284. The largest absolute Gasteiger partial charge is 0.335 e. The first kappa shape index (κ1) is 16.8. The fourth-order valence-corrected chi connectivity index (χ4v) is 5.02. The number of carbonyl (C=O) groups excluding carboxylic acids is 1. The summed E-state index contributed by atoms with van der Waals surface area (Å²) in [6.07, 6.45) is 6.28. The molecule has 4 nitrogen and oxygen atoms in total. The first-order valence-corrected chi connectivity index (χ1v) is 9.70. The molecule has 2 amide bonds. The van der Waals surface area contributed by atoms with Crippen molar-refractivity contribution in [2.45, 2.75) is 56.5 Å². The fourth-order valence-electron chi connectivity index (χ4n) is 5.02. The predicted octanol–water partition coefficient (Wildman–Crippen LogP) is 3.15. The van der Waals surface area contributed by atoms with E-state index in [9.17, 15) is 9.18 Å². The smallest absolute Gasteiger partial charge is 0.315 e. The Hall–Kier alpha value is -1.62. The van der Waals surface area contributed by atoms with Crippen LogP contribution in [0.15, 0.2) is 24.3 Å². The molecule has 1 aliphatic heterocycles. The maximum absolute atomic E-state index is 13.4. The van der Waals surface area contributed by atoms with E-state index in [0.717, 1.165) is 62.6 Å². The van der Waals surface area contributed by atoms with Crippen LogP contribution in [-0.4, -0.2) is 31.2 Å². The molecule has 5 atom stereocenters. The van der Waals surface area contributed by atoms with Gasteiger partial charge in [-0.2, -0.15) is 0 Å². The highest BCUT2D eigenvalue weighted by atomic mass is 19.1. The second-order valence-electron chi connectivity index (χ2n) is 8.07. The van der Waals surface area contributed by atoms with Crippen molar-refractivity contribution >= 4 is 6.03 Å². The Kier molecular flexibility index (Phi) is 4.93. The summed E-state index contributed by atoms with van der Waals surface area (Å²) in [5.41, 5.74) is 1.05. The Balaban J connectivity index is 1.25. The van der Waals surface area contributed by atoms with Gasteiger partial charge in [0, 0.05) is 12.1 Å². The third-order valence-electron chi connectivity index (χ3n) is 6.38. The average molecular weight is 345 g/mol. The second kappa shape index (κ2) is 7.32. The van der Waals surface area contributed by atoms with Crippen LogP contribution in [-0.2, 0) is 0 Å². The molecular formula is C20H28FN3O. The summed E-state index contributed by atoms with van der Waals surface area (Å²) in [6.45, 7) is 2.25. The summed E-state index contributed by atoms with van der Waals surface area (Å²) in [5, 5.41) is 9.79.